The number of allylic oxidation sites excluding steroid dienone is 1. The third-order valence-corrected chi connectivity index (χ3v) is 4.55. The molecule has 0 aromatic heterocycles. The van der Waals surface area contributed by atoms with Gasteiger partial charge in [0.1, 0.15) is 11.5 Å². The molecule has 0 bridgehead atoms. The van der Waals surface area contributed by atoms with Crippen molar-refractivity contribution in [3.05, 3.63) is 59.2 Å². The molecule has 0 fully saturated rings. The number of ether oxygens (including phenoxy) is 2. The Hall–Kier alpha value is -3.17. The Morgan fingerprint density at radius 2 is 1.74 bits per heavy atom. The first kappa shape index (κ1) is 22.5. The van der Waals surface area contributed by atoms with Gasteiger partial charge >= 0.3 is 12.4 Å². The second kappa shape index (κ2) is 8.52. The highest BCUT2D eigenvalue weighted by atomic mass is 19.4. The zero-order valence-electron chi connectivity index (χ0n) is 16.2. The van der Waals surface area contributed by atoms with E-state index in [0.717, 1.165) is 30.3 Å². The van der Waals surface area contributed by atoms with Gasteiger partial charge in [-0.1, -0.05) is 6.07 Å². The fraction of sp³-hybridized carbons (Fsp3) is 0.286. The number of halogens is 6. The van der Waals surface area contributed by atoms with Gasteiger partial charge in [0.05, 0.1) is 24.8 Å². The van der Waals surface area contributed by atoms with Crippen LogP contribution in [0.5, 0.6) is 11.5 Å². The summed E-state index contributed by atoms with van der Waals surface area (Å²) in [5.74, 6) is -0.832. The summed E-state index contributed by atoms with van der Waals surface area (Å²) in [6.45, 7) is 0.165. The summed E-state index contributed by atoms with van der Waals surface area (Å²) < 4.78 is 88.3. The number of methoxy groups -OCH3 is 1. The molecule has 0 unspecified atom stereocenters. The van der Waals surface area contributed by atoms with Crippen LogP contribution in [0.25, 0.3) is 5.57 Å². The smallest absolute Gasteiger partial charge is 0.416 e. The first-order valence-corrected chi connectivity index (χ1v) is 9.09. The summed E-state index contributed by atoms with van der Waals surface area (Å²) in [7, 11) is 1.20. The molecule has 0 radical (unpaired) electrons. The van der Waals surface area contributed by atoms with E-state index in [0.29, 0.717) is 24.0 Å². The predicted octanol–water partition coefficient (Wildman–Crippen LogP) is 5.93. The first-order valence-electron chi connectivity index (χ1n) is 9.09. The fourth-order valence-corrected chi connectivity index (χ4v) is 3.10. The van der Waals surface area contributed by atoms with E-state index in [9.17, 15) is 31.1 Å². The molecule has 1 amide bonds. The van der Waals surface area contributed by atoms with E-state index in [2.05, 4.69) is 5.32 Å². The van der Waals surface area contributed by atoms with Crippen molar-refractivity contribution >= 4 is 17.2 Å². The van der Waals surface area contributed by atoms with Gasteiger partial charge in [0, 0.05) is 23.4 Å². The third-order valence-electron chi connectivity index (χ3n) is 4.55. The number of carbonyl (C=O) groups is 1. The van der Waals surface area contributed by atoms with Gasteiger partial charge in [0.2, 0.25) is 5.91 Å². The molecule has 166 valence electrons. The lowest BCUT2D eigenvalue weighted by Crippen LogP contribution is -2.11. The maximum atomic E-state index is 13.0. The van der Waals surface area contributed by atoms with Crippen molar-refractivity contribution in [1.29, 1.82) is 0 Å². The van der Waals surface area contributed by atoms with Crippen molar-refractivity contribution in [2.24, 2.45) is 0 Å². The Bertz CT molecular complexity index is 1010. The van der Waals surface area contributed by atoms with Crippen LogP contribution in [0.4, 0.5) is 32.0 Å². The molecule has 1 aliphatic heterocycles. The summed E-state index contributed by atoms with van der Waals surface area (Å²) in [4.78, 5) is 12.5. The molecule has 0 spiro atoms. The lowest BCUT2D eigenvalue weighted by atomic mass is 9.99. The Kier molecular flexibility index (Phi) is 6.19. The highest BCUT2D eigenvalue weighted by Crippen LogP contribution is 2.38. The molecule has 1 heterocycles. The summed E-state index contributed by atoms with van der Waals surface area (Å²) >= 11 is 0. The molecule has 1 aliphatic rings. The average molecular weight is 445 g/mol. The maximum Gasteiger partial charge on any atom is 0.416 e. The number of carbonyl (C=O) groups excluding carboxylic acids is 1. The van der Waals surface area contributed by atoms with E-state index in [-0.39, 0.29) is 23.8 Å². The van der Waals surface area contributed by atoms with Crippen LogP contribution in [0.1, 0.15) is 29.5 Å². The summed E-state index contributed by atoms with van der Waals surface area (Å²) in [6, 6.07) is 5.76. The van der Waals surface area contributed by atoms with Crippen molar-refractivity contribution < 1.29 is 40.6 Å². The van der Waals surface area contributed by atoms with Crippen LogP contribution < -0.4 is 14.8 Å². The number of amides is 1. The van der Waals surface area contributed by atoms with Crippen molar-refractivity contribution in [2.45, 2.75) is 25.2 Å². The summed E-state index contributed by atoms with van der Waals surface area (Å²) in [6.07, 6.45) is -7.24. The predicted molar refractivity (Wildman–Crippen MR) is 101 cm³/mol. The molecular weight excluding hydrogens is 428 g/mol. The Balaban J connectivity index is 1.90. The SMILES string of the molecule is COc1cc(NC(=O)/C=C2\CCCOc3cc(C(F)(F)F)ccc32)cc(C(F)(F)F)c1. The molecule has 2 aromatic carbocycles. The zero-order chi connectivity index (χ0) is 22.8. The zero-order valence-corrected chi connectivity index (χ0v) is 16.2. The first-order chi connectivity index (χ1) is 14.5. The second-order valence-corrected chi connectivity index (χ2v) is 6.77. The fourth-order valence-electron chi connectivity index (χ4n) is 3.10. The van der Waals surface area contributed by atoms with Gasteiger partial charge in [-0.2, -0.15) is 26.3 Å². The molecule has 2 aromatic rings. The van der Waals surface area contributed by atoms with E-state index in [1.165, 1.54) is 19.2 Å². The molecular formula is C21H17F6NO3. The number of anilines is 1. The number of benzene rings is 2. The van der Waals surface area contributed by atoms with Crippen molar-refractivity contribution in [3.8, 4) is 11.5 Å². The molecule has 1 N–H and O–H groups in total. The summed E-state index contributed by atoms with van der Waals surface area (Å²) in [5.41, 5.74) is -1.28. The molecule has 31 heavy (non-hydrogen) atoms. The topological polar surface area (TPSA) is 47.6 Å². The molecule has 0 aliphatic carbocycles. The summed E-state index contributed by atoms with van der Waals surface area (Å²) in [5, 5.41) is 2.35. The molecule has 0 atom stereocenters. The third kappa shape index (κ3) is 5.50. The Morgan fingerprint density at radius 3 is 2.39 bits per heavy atom. The number of hydrogen-bond donors (Lipinski definition) is 1. The minimum atomic E-state index is -4.64. The van der Waals surface area contributed by atoms with Gasteiger partial charge < -0.3 is 14.8 Å². The molecule has 3 rings (SSSR count). The van der Waals surface area contributed by atoms with Gasteiger partial charge in [-0.05, 0) is 42.7 Å². The van der Waals surface area contributed by atoms with E-state index in [1.54, 1.807) is 0 Å². The number of rotatable bonds is 3. The van der Waals surface area contributed by atoms with E-state index < -0.39 is 29.4 Å². The highest BCUT2D eigenvalue weighted by Gasteiger charge is 2.33. The van der Waals surface area contributed by atoms with Gasteiger partial charge in [-0.3, -0.25) is 4.79 Å². The number of hydrogen-bond acceptors (Lipinski definition) is 3. The Labute approximate surface area is 173 Å². The molecule has 10 heteroatoms. The minimum Gasteiger partial charge on any atom is -0.497 e. The van der Waals surface area contributed by atoms with Crippen LogP contribution in [-0.4, -0.2) is 19.6 Å². The van der Waals surface area contributed by atoms with E-state index in [1.807, 2.05) is 0 Å². The van der Waals surface area contributed by atoms with E-state index in [4.69, 9.17) is 9.47 Å². The maximum absolute atomic E-state index is 13.0. The minimum absolute atomic E-state index is 0.00730. The number of nitrogens with one attached hydrogen (secondary N) is 1. The number of fused-ring (bicyclic) bond motifs is 1. The van der Waals surface area contributed by atoms with E-state index >= 15 is 0 Å². The van der Waals surface area contributed by atoms with Crippen molar-refractivity contribution in [3.63, 3.8) is 0 Å². The molecule has 4 nitrogen and oxygen atoms in total. The van der Waals surface area contributed by atoms with Crippen molar-refractivity contribution in [2.75, 3.05) is 19.0 Å². The average Bonchev–Trinajstić information content (AvgIpc) is 2.88. The number of alkyl halides is 6. The lowest BCUT2D eigenvalue weighted by Gasteiger charge is -2.14. The van der Waals surface area contributed by atoms with Crippen LogP contribution in [-0.2, 0) is 17.1 Å². The van der Waals surface area contributed by atoms with Crippen LogP contribution >= 0.6 is 0 Å². The normalized spacial score (nSPS) is 15.6. The van der Waals surface area contributed by atoms with Crippen LogP contribution in [0.2, 0.25) is 0 Å². The van der Waals surface area contributed by atoms with Crippen LogP contribution in [0, 0.1) is 0 Å². The monoisotopic (exact) mass is 445 g/mol. The standard InChI is InChI=1S/C21H17F6NO3/c1-30-16-9-14(21(25,26)27)8-15(11-16)28-19(29)7-12-3-2-6-31-18-10-13(20(22,23)24)4-5-17(12)18/h4-5,7-11H,2-3,6H2,1H3,(H,28,29)/b12-7+. The Morgan fingerprint density at radius 1 is 1.03 bits per heavy atom. The van der Waals surface area contributed by atoms with Crippen LogP contribution in [0.15, 0.2) is 42.5 Å². The molecule has 0 saturated carbocycles. The van der Waals surface area contributed by atoms with Crippen molar-refractivity contribution in [1.82, 2.24) is 0 Å². The molecule has 0 saturated heterocycles. The highest BCUT2D eigenvalue weighted by molar-refractivity contribution is 6.04. The van der Waals surface area contributed by atoms with Gasteiger partial charge in [0.25, 0.3) is 0 Å². The largest absolute Gasteiger partial charge is 0.497 e. The van der Waals surface area contributed by atoms with Gasteiger partial charge in [-0.15, -0.1) is 0 Å². The quantitative estimate of drug-likeness (QED) is 0.471. The second-order valence-electron chi connectivity index (χ2n) is 6.77. The van der Waals surface area contributed by atoms with Gasteiger partial charge in [0.15, 0.2) is 0 Å². The van der Waals surface area contributed by atoms with Crippen LogP contribution in [0.3, 0.4) is 0 Å². The lowest BCUT2D eigenvalue weighted by molar-refractivity contribution is -0.138. The van der Waals surface area contributed by atoms with Gasteiger partial charge in [-0.25, -0.2) is 0 Å².